The molecular weight excluding hydrogens is 372 g/mol. The normalized spacial score (nSPS) is 11.4. The Balaban J connectivity index is 2.05. The molecular formula is C19H17F2N3O4. The maximum absolute atomic E-state index is 12.6. The molecule has 2 aromatic carbocycles. The lowest BCUT2D eigenvalue weighted by molar-refractivity contribution is -0.0526. The number of halogens is 2. The zero-order valence-corrected chi connectivity index (χ0v) is 15.3. The molecule has 9 heteroatoms. The Kier molecular flexibility index (Phi) is 5.53. The number of aromatic nitrogens is 2. The van der Waals surface area contributed by atoms with Crippen LogP contribution in [0, 0.1) is 6.92 Å². The van der Waals surface area contributed by atoms with Crippen molar-refractivity contribution in [1.82, 2.24) is 9.66 Å². The Labute approximate surface area is 158 Å². The highest BCUT2D eigenvalue weighted by Crippen LogP contribution is 2.39. The number of fused-ring (bicyclic) bond motifs is 1. The largest absolute Gasteiger partial charge is 0.493 e. The molecule has 0 atom stereocenters. The van der Waals surface area contributed by atoms with Crippen LogP contribution in [0.2, 0.25) is 0 Å². The number of benzene rings is 2. The molecule has 3 rings (SSSR count). The Hall–Kier alpha value is -3.49. The van der Waals surface area contributed by atoms with Crippen molar-refractivity contribution in [2.75, 3.05) is 14.2 Å². The molecule has 0 bridgehead atoms. The lowest BCUT2D eigenvalue weighted by atomic mass is 10.2. The van der Waals surface area contributed by atoms with Crippen LogP contribution in [0.5, 0.6) is 17.2 Å². The SMILES string of the molecule is COc1cc(C=Nn2c(C)nc3ccccc3c2=O)cc(OC)c1OC(F)F. The van der Waals surface area contributed by atoms with Crippen LogP contribution in [-0.4, -0.2) is 36.7 Å². The number of ether oxygens (including phenoxy) is 3. The van der Waals surface area contributed by atoms with Crippen molar-refractivity contribution in [3.05, 3.63) is 58.1 Å². The van der Waals surface area contributed by atoms with Crippen LogP contribution >= 0.6 is 0 Å². The van der Waals surface area contributed by atoms with Crippen molar-refractivity contribution in [1.29, 1.82) is 0 Å². The van der Waals surface area contributed by atoms with E-state index in [-0.39, 0.29) is 22.8 Å². The van der Waals surface area contributed by atoms with E-state index in [1.807, 2.05) is 0 Å². The van der Waals surface area contributed by atoms with Gasteiger partial charge in [0.25, 0.3) is 5.56 Å². The van der Waals surface area contributed by atoms with Crippen LogP contribution < -0.4 is 19.8 Å². The van der Waals surface area contributed by atoms with Gasteiger partial charge in [0.05, 0.1) is 31.3 Å². The van der Waals surface area contributed by atoms with E-state index in [4.69, 9.17) is 9.47 Å². The molecule has 0 radical (unpaired) electrons. The van der Waals surface area contributed by atoms with E-state index in [0.717, 1.165) is 4.68 Å². The molecule has 7 nitrogen and oxygen atoms in total. The van der Waals surface area contributed by atoms with E-state index in [1.54, 1.807) is 31.2 Å². The maximum atomic E-state index is 12.6. The summed E-state index contributed by atoms with van der Waals surface area (Å²) >= 11 is 0. The van der Waals surface area contributed by atoms with Gasteiger partial charge in [-0.2, -0.15) is 18.6 Å². The first-order chi connectivity index (χ1) is 13.4. The first-order valence-corrected chi connectivity index (χ1v) is 8.18. The zero-order chi connectivity index (χ0) is 20.3. The van der Waals surface area contributed by atoms with Gasteiger partial charge in [-0.15, -0.1) is 0 Å². The molecule has 0 saturated carbocycles. The summed E-state index contributed by atoms with van der Waals surface area (Å²) < 4.78 is 41.1. The van der Waals surface area contributed by atoms with Crippen molar-refractivity contribution in [3.63, 3.8) is 0 Å². The first kappa shape index (κ1) is 19.3. The predicted molar refractivity (Wildman–Crippen MR) is 99.9 cm³/mol. The fourth-order valence-electron chi connectivity index (χ4n) is 2.68. The molecule has 0 fully saturated rings. The quantitative estimate of drug-likeness (QED) is 0.605. The van der Waals surface area contributed by atoms with Crippen LogP contribution in [0.3, 0.4) is 0 Å². The van der Waals surface area contributed by atoms with Crippen LogP contribution in [0.25, 0.3) is 10.9 Å². The van der Waals surface area contributed by atoms with Gasteiger partial charge < -0.3 is 14.2 Å². The van der Waals surface area contributed by atoms with Crippen molar-refractivity contribution < 1.29 is 23.0 Å². The highest BCUT2D eigenvalue weighted by atomic mass is 19.3. The van der Waals surface area contributed by atoms with Crippen LogP contribution in [-0.2, 0) is 0 Å². The molecule has 0 N–H and O–H groups in total. The number of methoxy groups -OCH3 is 2. The second-order valence-electron chi connectivity index (χ2n) is 5.67. The molecule has 1 aromatic heterocycles. The van der Waals surface area contributed by atoms with E-state index in [0.29, 0.717) is 22.3 Å². The number of para-hydroxylation sites is 1. The zero-order valence-electron chi connectivity index (χ0n) is 15.3. The van der Waals surface area contributed by atoms with Crippen LogP contribution in [0.4, 0.5) is 8.78 Å². The lowest BCUT2D eigenvalue weighted by Gasteiger charge is -2.14. The van der Waals surface area contributed by atoms with E-state index in [1.165, 1.54) is 32.6 Å². The summed E-state index contributed by atoms with van der Waals surface area (Å²) in [6, 6.07) is 9.83. The summed E-state index contributed by atoms with van der Waals surface area (Å²) in [6.07, 6.45) is 1.38. The van der Waals surface area contributed by atoms with Crippen molar-refractivity contribution >= 4 is 17.1 Å². The number of rotatable bonds is 6. The molecule has 0 spiro atoms. The van der Waals surface area contributed by atoms with Gasteiger partial charge in [-0.1, -0.05) is 12.1 Å². The molecule has 0 aliphatic carbocycles. The van der Waals surface area contributed by atoms with Gasteiger partial charge in [0.1, 0.15) is 5.82 Å². The molecule has 1 heterocycles. The minimum atomic E-state index is -3.03. The van der Waals surface area contributed by atoms with Crippen molar-refractivity contribution in [2.45, 2.75) is 13.5 Å². The third-order valence-corrected chi connectivity index (χ3v) is 3.93. The number of hydrogen-bond donors (Lipinski definition) is 0. The van der Waals surface area contributed by atoms with E-state index in [2.05, 4.69) is 14.8 Å². The Morgan fingerprint density at radius 1 is 1.14 bits per heavy atom. The predicted octanol–water partition coefficient (Wildman–Crippen LogP) is 3.21. The second kappa shape index (κ2) is 8.03. The number of hydrogen-bond acceptors (Lipinski definition) is 6. The van der Waals surface area contributed by atoms with E-state index < -0.39 is 6.61 Å². The van der Waals surface area contributed by atoms with Crippen molar-refractivity contribution in [3.8, 4) is 17.2 Å². The smallest absolute Gasteiger partial charge is 0.387 e. The monoisotopic (exact) mass is 389 g/mol. The standard InChI is InChI=1S/C19H17F2N3O4/c1-11-23-14-7-5-4-6-13(14)18(25)24(11)22-10-12-8-15(26-2)17(28-19(20)21)16(9-12)27-3/h4-10,19H,1-3H3. The van der Waals surface area contributed by atoms with Gasteiger partial charge in [-0.25, -0.2) is 4.98 Å². The summed E-state index contributed by atoms with van der Waals surface area (Å²) in [5.74, 6) is 0.262. The maximum Gasteiger partial charge on any atom is 0.387 e. The molecule has 28 heavy (non-hydrogen) atoms. The summed E-state index contributed by atoms with van der Waals surface area (Å²) in [4.78, 5) is 17.0. The van der Waals surface area contributed by atoms with Crippen LogP contribution in [0.1, 0.15) is 11.4 Å². The van der Waals surface area contributed by atoms with E-state index in [9.17, 15) is 13.6 Å². The fourth-order valence-corrected chi connectivity index (χ4v) is 2.68. The molecule has 0 aliphatic heterocycles. The third-order valence-electron chi connectivity index (χ3n) is 3.93. The van der Waals surface area contributed by atoms with Gasteiger partial charge >= 0.3 is 6.61 Å². The number of nitrogens with zero attached hydrogens (tertiary/aromatic N) is 3. The lowest BCUT2D eigenvalue weighted by Crippen LogP contribution is -2.20. The molecule has 146 valence electrons. The van der Waals surface area contributed by atoms with Gasteiger partial charge in [0.15, 0.2) is 11.5 Å². The minimum absolute atomic E-state index is 0.0433. The number of aryl methyl sites for hydroxylation is 1. The van der Waals surface area contributed by atoms with Gasteiger partial charge in [0, 0.05) is 5.56 Å². The molecule has 0 saturated heterocycles. The second-order valence-corrected chi connectivity index (χ2v) is 5.67. The molecule has 0 unspecified atom stereocenters. The Bertz CT molecular complexity index is 1070. The Morgan fingerprint density at radius 2 is 1.79 bits per heavy atom. The highest BCUT2D eigenvalue weighted by Gasteiger charge is 2.17. The Morgan fingerprint density at radius 3 is 2.39 bits per heavy atom. The van der Waals surface area contributed by atoms with Gasteiger partial charge in [-0.3, -0.25) is 4.79 Å². The van der Waals surface area contributed by atoms with Gasteiger partial charge in [0.2, 0.25) is 5.75 Å². The highest BCUT2D eigenvalue weighted by molar-refractivity contribution is 5.83. The van der Waals surface area contributed by atoms with Gasteiger partial charge in [-0.05, 0) is 31.2 Å². The molecule has 0 aliphatic rings. The summed E-state index contributed by atoms with van der Waals surface area (Å²) in [6.45, 7) is -1.38. The fraction of sp³-hybridized carbons (Fsp3) is 0.211. The topological polar surface area (TPSA) is 74.9 Å². The van der Waals surface area contributed by atoms with Crippen molar-refractivity contribution in [2.24, 2.45) is 5.10 Å². The minimum Gasteiger partial charge on any atom is -0.493 e. The third kappa shape index (κ3) is 3.78. The summed E-state index contributed by atoms with van der Waals surface area (Å²) in [7, 11) is 2.63. The average Bonchev–Trinajstić information content (AvgIpc) is 2.68. The molecule has 3 aromatic rings. The first-order valence-electron chi connectivity index (χ1n) is 8.18. The van der Waals surface area contributed by atoms with Crippen LogP contribution in [0.15, 0.2) is 46.3 Å². The molecule has 0 amide bonds. The number of alkyl halides is 2. The van der Waals surface area contributed by atoms with E-state index >= 15 is 0 Å². The summed E-state index contributed by atoms with van der Waals surface area (Å²) in [5, 5.41) is 4.62. The summed E-state index contributed by atoms with van der Waals surface area (Å²) in [5.41, 5.74) is 0.707. The average molecular weight is 389 g/mol.